The third kappa shape index (κ3) is 11.4. The van der Waals surface area contributed by atoms with Gasteiger partial charge in [-0.15, -0.1) is 34.4 Å². The van der Waals surface area contributed by atoms with Crippen molar-refractivity contribution in [3.63, 3.8) is 0 Å². The van der Waals surface area contributed by atoms with Crippen LogP contribution in [0.5, 0.6) is 0 Å². The van der Waals surface area contributed by atoms with Gasteiger partial charge in [0.05, 0.1) is 0 Å². The molecular formula is C64H48Au2P2+2. The van der Waals surface area contributed by atoms with Crippen molar-refractivity contribution in [1.82, 2.24) is 0 Å². The third-order valence-corrected chi connectivity index (χ3v) is 18.0. The van der Waals surface area contributed by atoms with Crippen molar-refractivity contribution >= 4 is 47.7 Å². The molecule has 0 heterocycles. The predicted molar refractivity (Wildman–Crippen MR) is 286 cm³/mol. The van der Waals surface area contributed by atoms with Gasteiger partial charge in [0.1, 0.15) is 47.7 Å². The third-order valence-electron chi connectivity index (χ3n) is 12.1. The summed E-state index contributed by atoms with van der Waals surface area (Å²) in [6, 6.07) is 90.9. The summed E-state index contributed by atoms with van der Waals surface area (Å²) in [7, 11) is -2.53. The molecule has 2 aliphatic rings. The summed E-state index contributed by atoms with van der Waals surface area (Å²) < 4.78 is 0. The molecule has 68 heavy (non-hydrogen) atoms. The molecule has 0 saturated heterocycles. The van der Waals surface area contributed by atoms with Gasteiger partial charge in [0.15, 0.2) is 0 Å². The Morgan fingerprint density at radius 3 is 0.882 bits per heavy atom. The number of fused-ring (bicyclic) bond motifs is 6. The first kappa shape index (κ1) is 49.8. The van der Waals surface area contributed by atoms with Gasteiger partial charge < -0.3 is 12.8 Å². The fraction of sp³-hybridized carbons (Fsp3) is 0.0312. The van der Waals surface area contributed by atoms with Crippen LogP contribution in [0.25, 0.3) is 22.3 Å². The van der Waals surface area contributed by atoms with Gasteiger partial charge >= 0.3 is 44.8 Å². The van der Waals surface area contributed by atoms with Crippen molar-refractivity contribution in [2.45, 2.75) is 12.8 Å². The Hall–Kier alpha value is -6.08. The molecule has 9 aromatic carbocycles. The average molecular weight is 1270 g/mol. The molecule has 0 spiro atoms. The fourth-order valence-corrected chi connectivity index (χ4v) is 15.1. The summed E-state index contributed by atoms with van der Waals surface area (Å²) >= 11 is 0. The first-order valence-corrected chi connectivity index (χ1v) is 25.4. The molecule has 11 rings (SSSR count). The van der Waals surface area contributed by atoms with Crippen molar-refractivity contribution in [1.29, 1.82) is 0 Å². The van der Waals surface area contributed by atoms with E-state index in [0.29, 0.717) is 0 Å². The molecule has 334 valence electrons. The van der Waals surface area contributed by atoms with Gasteiger partial charge in [0, 0.05) is 0 Å². The molecule has 0 nitrogen and oxygen atoms in total. The first-order valence-electron chi connectivity index (χ1n) is 22.4. The van der Waals surface area contributed by atoms with Gasteiger partial charge in [-0.1, -0.05) is 182 Å². The first-order chi connectivity index (χ1) is 32.7. The molecule has 0 amide bonds. The predicted octanol–water partition coefficient (Wildman–Crippen LogP) is 12.2. The van der Waals surface area contributed by atoms with E-state index >= 15 is 0 Å². The van der Waals surface area contributed by atoms with E-state index in [1.54, 1.807) is 0 Å². The van der Waals surface area contributed by atoms with E-state index in [1.807, 2.05) is 24.3 Å². The summed E-state index contributed by atoms with van der Waals surface area (Å²) in [4.78, 5) is 0. The van der Waals surface area contributed by atoms with Crippen LogP contribution in [0, 0.1) is 24.7 Å². The molecule has 0 bridgehead atoms. The van der Waals surface area contributed by atoms with Gasteiger partial charge in [-0.05, 0) is 107 Å². The summed E-state index contributed by atoms with van der Waals surface area (Å²) in [5.74, 6) is 5.02. The molecule has 0 atom stereocenters. The zero-order valence-electron chi connectivity index (χ0n) is 37.3. The van der Waals surface area contributed by atoms with Crippen LogP contribution >= 0.6 is 15.8 Å². The van der Waals surface area contributed by atoms with E-state index in [9.17, 15) is 0 Å². The quantitative estimate of drug-likeness (QED) is 0.0674. The van der Waals surface area contributed by atoms with Crippen molar-refractivity contribution in [3.8, 4) is 34.1 Å². The zero-order chi connectivity index (χ0) is 44.9. The number of rotatable bonds is 6. The number of hydrogen-bond acceptors (Lipinski definition) is 0. The van der Waals surface area contributed by atoms with Gasteiger partial charge in [-0.3, -0.25) is 11.8 Å². The Bertz CT molecular complexity index is 2930. The van der Waals surface area contributed by atoms with E-state index in [1.165, 1.54) is 76.3 Å². The second-order valence-electron chi connectivity index (χ2n) is 16.1. The van der Waals surface area contributed by atoms with Crippen LogP contribution in [0.1, 0.15) is 33.4 Å². The Morgan fingerprint density at radius 1 is 0.279 bits per heavy atom. The van der Waals surface area contributed by atoms with Gasteiger partial charge in [0.25, 0.3) is 0 Å². The second-order valence-corrected chi connectivity index (χ2v) is 21.0. The van der Waals surface area contributed by atoms with E-state index in [2.05, 4.69) is 242 Å². The zero-order valence-corrected chi connectivity index (χ0v) is 43.6. The van der Waals surface area contributed by atoms with Gasteiger partial charge in [-0.2, -0.15) is 0 Å². The maximum absolute atomic E-state index is 7.27. The maximum atomic E-state index is 7.27. The largest absolute Gasteiger partial charge is 1.00 e. The summed E-state index contributed by atoms with van der Waals surface area (Å²) in [6.07, 6.45) is 16.4. The van der Waals surface area contributed by atoms with Gasteiger partial charge in [-0.25, -0.2) is 0 Å². The van der Waals surface area contributed by atoms with Crippen molar-refractivity contribution in [3.05, 3.63) is 301 Å². The molecule has 0 fully saturated rings. The Balaban J connectivity index is 0.000000175. The summed E-state index contributed by atoms with van der Waals surface area (Å²) in [5, 5.41) is 8.48. The SMILES string of the molecule is [Au+].[Au+].[C-]#Cc1cccc2c1Cc1ccccc1-2.[C-]#Cc1cccc2c1Cc1ccccc1-2.c1ccccc([PH+](c2ccccc2)c2ccccc2)c([PH+](c2ccccc2)c2ccccc2)ccc1. The van der Waals surface area contributed by atoms with E-state index in [0.717, 1.165) is 24.0 Å². The number of benzene rings is 8. The monoisotopic (exact) mass is 1270 g/mol. The molecule has 9 aromatic rings. The van der Waals surface area contributed by atoms with Crippen molar-refractivity contribution in [2.24, 2.45) is 0 Å². The van der Waals surface area contributed by atoms with Crippen LogP contribution in [0.4, 0.5) is 0 Å². The minimum atomic E-state index is -1.26. The smallest absolute Gasteiger partial charge is 0.366 e. The molecule has 0 N–H and O–H groups in total. The minimum Gasteiger partial charge on any atom is -0.366 e. The molecule has 4 heteroatoms. The molecule has 0 aliphatic heterocycles. The van der Waals surface area contributed by atoms with E-state index < -0.39 is 15.8 Å². The fourth-order valence-electron chi connectivity index (χ4n) is 9.10. The minimum absolute atomic E-state index is 0. The van der Waals surface area contributed by atoms with Crippen LogP contribution in [0.15, 0.2) is 255 Å². The average Bonchev–Trinajstić information content (AvgIpc) is 3.97. The second kappa shape index (κ2) is 24.8. The number of hydrogen-bond donors (Lipinski definition) is 0. The van der Waals surface area contributed by atoms with Crippen LogP contribution in [0.3, 0.4) is 0 Å². The van der Waals surface area contributed by atoms with Gasteiger partial charge in [0.2, 0.25) is 0 Å². The van der Waals surface area contributed by atoms with Crippen molar-refractivity contribution in [2.75, 3.05) is 0 Å². The standard InChI is InChI=1S/C34H28P2.2C15H9.2Au/c1-2-4-18-28-34(36(31-23-13-7-14-24-31)32-25-15-8-16-26-32)33(27-17-3-1)35(29-19-9-5-10-20-29)30-21-11-6-12-22-30;2*1-2-11-7-5-9-14-13-8-4-3-6-12(13)10-15(11)14;;/h1-28H;2*3-9H,10H2;;/q;2*-1;2*+1/p+2. The maximum Gasteiger partial charge on any atom is 1.00 e. The van der Waals surface area contributed by atoms with E-state index in [-0.39, 0.29) is 44.8 Å². The normalized spacial score (nSPS) is 10.8. The molecular weight excluding hydrogens is 1220 g/mol. The van der Waals surface area contributed by atoms with Crippen molar-refractivity contribution < 1.29 is 44.8 Å². The Kier molecular flexibility index (Phi) is 18.2. The Labute approximate surface area is 436 Å². The molecule has 0 unspecified atom stereocenters. The molecule has 0 radical (unpaired) electrons. The van der Waals surface area contributed by atoms with Crippen LogP contribution < -0.4 is 31.8 Å². The molecule has 2 aliphatic carbocycles. The Morgan fingerprint density at radius 2 is 0.544 bits per heavy atom. The van der Waals surface area contributed by atoms with E-state index in [4.69, 9.17) is 12.8 Å². The molecule has 0 aromatic heterocycles. The summed E-state index contributed by atoms with van der Waals surface area (Å²) in [5.41, 5.74) is 12.2. The van der Waals surface area contributed by atoms with Crippen LogP contribution in [-0.4, -0.2) is 0 Å². The summed E-state index contributed by atoms with van der Waals surface area (Å²) in [6.45, 7) is 0. The van der Waals surface area contributed by atoms with Crippen LogP contribution in [-0.2, 0) is 57.6 Å². The topological polar surface area (TPSA) is 0 Å². The molecule has 0 saturated carbocycles. The van der Waals surface area contributed by atoms with Crippen LogP contribution in [0.2, 0.25) is 0 Å².